The Morgan fingerprint density at radius 1 is 1.00 bits per heavy atom. The Morgan fingerprint density at radius 2 is 1.68 bits per heavy atom. The highest BCUT2D eigenvalue weighted by molar-refractivity contribution is 6.54. The van der Waals surface area contributed by atoms with Crippen LogP contribution < -0.4 is 16.5 Å². The number of fused-ring (bicyclic) bond motifs is 3. The van der Waals surface area contributed by atoms with Gasteiger partial charge in [-0.15, -0.1) is 0 Å². The van der Waals surface area contributed by atoms with Gasteiger partial charge in [0.05, 0.1) is 33.0 Å². The van der Waals surface area contributed by atoms with Crippen molar-refractivity contribution in [3.05, 3.63) is 47.0 Å². The summed E-state index contributed by atoms with van der Waals surface area (Å²) in [6.45, 7) is 5.71. The summed E-state index contributed by atoms with van der Waals surface area (Å²) in [5.74, 6) is -0.153. The lowest BCUT2D eigenvalue weighted by molar-refractivity contribution is 0.574. The number of hydrogen-bond donors (Lipinski definition) is 0. The molecular formula is C23H15B5N2O. The molecule has 0 N–H and O–H groups in total. The quantitative estimate of drug-likeness (QED) is 0.497. The van der Waals surface area contributed by atoms with Gasteiger partial charge in [0.15, 0.2) is 0 Å². The van der Waals surface area contributed by atoms with Crippen molar-refractivity contribution < 1.29 is 4.42 Å². The van der Waals surface area contributed by atoms with E-state index in [4.69, 9.17) is 43.6 Å². The lowest BCUT2D eigenvalue weighted by Gasteiger charge is -2.36. The predicted octanol–water partition coefficient (Wildman–Crippen LogP) is 1.36. The molecule has 2 aromatic heterocycles. The molecule has 0 aliphatic carbocycles. The van der Waals surface area contributed by atoms with Crippen LogP contribution in [0.1, 0.15) is 30.5 Å². The minimum absolute atomic E-state index is 0.114. The van der Waals surface area contributed by atoms with Crippen LogP contribution in [0.25, 0.3) is 33.2 Å². The fraction of sp³-hybridized carbons (Fsp3) is 0.217. The van der Waals surface area contributed by atoms with Gasteiger partial charge in [0.25, 0.3) is 0 Å². The van der Waals surface area contributed by atoms with Gasteiger partial charge in [-0.2, -0.15) is 5.26 Å². The second-order valence-electron chi connectivity index (χ2n) is 8.22. The zero-order valence-corrected chi connectivity index (χ0v) is 17.7. The second kappa shape index (κ2) is 7.41. The van der Waals surface area contributed by atoms with E-state index < -0.39 is 5.21 Å². The molecule has 4 aromatic rings. The molecule has 0 spiro atoms. The largest absolute Gasteiger partial charge is 0.456 e. The van der Waals surface area contributed by atoms with E-state index in [0.29, 0.717) is 28.0 Å². The van der Waals surface area contributed by atoms with Crippen LogP contribution in [0.2, 0.25) is 0 Å². The van der Waals surface area contributed by atoms with E-state index >= 15 is 0 Å². The van der Waals surface area contributed by atoms with Gasteiger partial charge in [-0.05, 0) is 48.4 Å². The summed E-state index contributed by atoms with van der Waals surface area (Å²) >= 11 is 0. The number of pyridine rings is 1. The molecule has 0 aliphatic heterocycles. The molecule has 10 radical (unpaired) electrons. The second-order valence-corrected chi connectivity index (χ2v) is 8.22. The lowest BCUT2D eigenvalue weighted by Crippen LogP contribution is -2.49. The first-order valence-corrected chi connectivity index (χ1v) is 9.86. The predicted molar refractivity (Wildman–Crippen MR) is 131 cm³/mol. The van der Waals surface area contributed by atoms with E-state index in [1.54, 1.807) is 12.1 Å². The van der Waals surface area contributed by atoms with Crippen molar-refractivity contribution in [3.8, 4) is 17.3 Å². The van der Waals surface area contributed by atoms with E-state index in [9.17, 15) is 5.26 Å². The Labute approximate surface area is 188 Å². The minimum atomic E-state index is -1.29. The summed E-state index contributed by atoms with van der Waals surface area (Å²) in [7, 11) is 31.6. The fourth-order valence-corrected chi connectivity index (χ4v) is 3.85. The summed E-state index contributed by atoms with van der Waals surface area (Å²) in [6.07, 6.45) is 0. The van der Waals surface area contributed by atoms with Crippen molar-refractivity contribution in [2.24, 2.45) is 5.92 Å². The molecule has 0 amide bonds. The van der Waals surface area contributed by atoms with Gasteiger partial charge in [0, 0.05) is 16.3 Å². The molecule has 0 fully saturated rings. The fourth-order valence-electron chi connectivity index (χ4n) is 3.85. The van der Waals surface area contributed by atoms with Crippen molar-refractivity contribution in [2.45, 2.75) is 26.0 Å². The van der Waals surface area contributed by atoms with Gasteiger partial charge < -0.3 is 4.42 Å². The van der Waals surface area contributed by atoms with Crippen LogP contribution in [0, 0.1) is 24.2 Å². The number of aryl methyl sites for hydroxylation is 1. The van der Waals surface area contributed by atoms with Gasteiger partial charge in [-0.3, -0.25) is 4.98 Å². The first kappa shape index (κ1) is 21.4. The molecular weight excluding hydrogens is 374 g/mol. The molecule has 138 valence electrons. The smallest absolute Gasteiger partial charge is 0.140 e. The number of aromatic nitrogens is 1. The molecule has 2 heterocycles. The number of furan rings is 1. The van der Waals surface area contributed by atoms with Crippen molar-refractivity contribution in [2.75, 3.05) is 0 Å². The molecule has 0 aliphatic rings. The SMILES string of the molecule is [B]c1nc(-c2cc3oc4ccc(C#N)cc4c3cc2C)c([B])c(C([B])([B])C(C)C)c1[B]. The standard InChI is InChI=1S/C23H15B5N2O/c1-10(2)23(27,28)18-19(24)21(30-22(26)20(18)25)13-8-17-14(6-11(13)3)15-7-12(9-29)4-5-16(15)31-17/h4-8,10H,1-3H3. The van der Waals surface area contributed by atoms with Crippen LogP contribution in [-0.4, -0.2) is 44.2 Å². The van der Waals surface area contributed by atoms with Crippen molar-refractivity contribution in [1.29, 1.82) is 5.26 Å². The van der Waals surface area contributed by atoms with E-state index in [2.05, 4.69) is 11.1 Å². The maximum Gasteiger partial charge on any atom is 0.140 e. The van der Waals surface area contributed by atoms with Crippen LogP contribution in [-0.2, 0) is 5.21 Å². The highest BCUT2D eigenvalue weighted by Gasteiger charge is 2.29. The van der Waals surface area contributed by atoms with Crippen LogP contribution in [0.5, 0.6) is 0 Å². The Bertz CT molecular complexity index is 1400. The normalized spacial score (nSPS) is 12.0. The number of benzene rings is 2. The van der Waals surface area contributed by atoms with Crippen LogP contribution in [0.15, 0.2) is 34.7 Å². The average Bonchev–Trinajstić information content (AvgIpc) is 3.06. The molecule has 0 saturated carbocycles. The van der Waals surface area contributed by atoms with Gasteiger partial charge in [-0.25, -0.2) is 0 Å². The van der Waals surface area contributed by atoms with Gasteiger partial charge in [0.1, 0.15) is 34.7 Å². The molecule has 0 saturated heterocycles. The molecule has 8 heteroatoms. The summed E-state index contributed by atoms with van der Waals surface area (Å²) < 4.78 is 6.02. The molecule has 0 unspecified atom stereocenters. The third-order valence-corrected chi connectivity index (χ3v) is 5.89. The van der Waals surface area contributed by atoms with Gasteiger partial charge in [0.2, 0.25) is 0 Å². The van der Waals surface area contributed by atoms with E-state index in [1.807, 2.05) is 39.0 Å². The summed E-state index contributed by atoms with van der Waals surface area (Å²) in [5.41, 5.74) is 4.94. The Morgan fingerprint density at radius 3 is 2.32 bits per heavy atom. The highest BCUT2D eigenvalue weighted by Crippen LogP contribution is 2.34. The first-order valence-electron chi connectivity index (χ1n) is 9.86. The lowest BCUT2D eigenvalue weighted by atomic mass is 9.43. The number of nitrogens with zero attached hydrogens (tertiary/aromatic N) is 2. The van der Waals surface area contributed by atoms with Crippen molar-refractivity contribution >= 4 is 77.7 Å². The third kappa shape index (κ3) is 3.31. The van der Waals surface area contributed by atoms with Gasteiger partial charge in [-0.1, -0.05) is 41.5 Å². The van der Waals surface area contributed by atoms with E-state index in [0.717, 1.165) is 21.9 Å². The minimum Gasteiger partial charge on any atom is -0.456 e. The topological polar surface area (TPSA) is 49.8 Å². The van der Waals surface area contributed by atoms with Crippen molar-refractivity contribution in [3.63, 3.8) is 0 Å². The maximum absolute atomic E-state index is 9.22. The molecule has 31 heavy (non-hydrogen) atoms. The summed E-state index contributed by atoms with van der Waals surface area (Å²) in [4.78, 5) is 4.46. The monoisotopic (exact) mass is 390 g/mol. The number of nitriles is 1. The third-order valence-electron chi connectivity index (χ3n) is 5.89. The first-order chi connectivity index (χ1) is 14.6. The number of hydrogen-bond acceptors (Lipinski definition) is 3. The zero-order valence-electron chi connectivity index (χ0n) is 17.7. The average molecular weight is 389 g/mol. The zero-order chi connectivity index (χ0) is 22.7. The Kier molecular flexibility index (Phi) is 5.13. The molecule has 3 nitrogen and oxygen atoms in total. The molecule has 0 bridgehead atoms. The Balaban J connectivity index is 2.01. The summed E-state index contributed by atoms with van der Waals surface area (Å²) in [6, 6.07) is 11.3. The van der Waals surface area contributed by atoms with Crippen LogP contribution in [0.4, 0.5) is 0 Å². The van der Waals surface area contributed by atoms with E-state index in [1.165, 1.54) is 0 Å². The van der Waals surface area contributed by atoms with E-state index in [-0.39, 0.29) is 22.4 Å². The highest BCUT2D eigenvalue weighted by atomic mass is 16.3. The van der Waals surface area contributed by atoms with Crippen molar-refractivity contribution in [1.82, 2.24) is 4.98 Å². The van der Waals surface area contributed by atoms with Gasteiger partial charge >= 0.3 is 0 Å². The van der Waals surface area contributed by atoms with Crippen LogP contribution in [0.3, 0.4) is 0 Å². The Hall–Kier alpha value is -2.80. The molecule has 2 aromatic carbocycles. The van der Waals surface area contributed by atoms with Crippen LogP contribution >= 0.6 is 0 Å². The molecule has 0 atom stereocenters. The summed E-state index contributed by atoms with van der Waals surface area (Å²) in [5, 5.41) is 9.69. The molecule has 4 rings (SSSR count). The maximum atomic E-state index is 9.22. The number of rotatable bonds is 3.